The first-order valence-corrected chi connectivity index (χ1v) is 17.8. The Hall–Kier alpha value is -4.95. The van der Waals surface area contributed by atoms with E-state index in [0.717, 1.165) is 22.3 Å². The zero-order valence-corrected chi connectivity index (χ0v) is 30.7. The highest BCUT2D eigenvalue weighted by Crippen LogP contribution is 2.25. The number of nitrogens with zero attached hydrogens (tertiary/aromatic N) is 2. The van der Waals surface area contributed by atoms with Crippen LogP contribution in [-0.4, -0.2) is 52.5 Å². The summed E-state index contributed by atoms with van der Waals surface area (Å²) in [5.41, 5.74) is 3.09. The Labute approximate surface area is 303 Å². The van der Waals surface area contributed by atoms with Gasteiger partial charge in [-0.2, -0.15) is 0 Å². The topological polar surface area (TPSA) is 88.2 Å². The SMILES string of the molecule is CC(C)C[C@H](NC(=O)[C@@H](c1ccccc1)N(CCCN(Cc1ccccc1)C(=O)OC(C)(C)C)Cc1ccccc1)C(=O)OCc1ccccc1. The van der Waals surface area contributed by atoms with Crippen molar-refractivity contribution in [1.82, 2.24) is 15.1 Å². The van der Waals surface area contributed by atoms with Crippen LogP contribution in [0.1, 0.15) is 75.8 Å². The van der Waals surface area contributed by atoms with Crippen LogP contribution in [0.4, 0.5) is 4.79 Å². The summed E-state index contributed by atoms with van der Waals surface area (Å²) in [5, 5.41) is 3.09. The lowest BCUT2D eigenvalue weighted by molar-refractivity contribution is -0.150. The Morgan fingerprint density at radius 1 is 0.686 bits per heavy atom. The maximum absolute atomic E-state index is 14.5. The molecule has 0 saturated heterocycles. The van der Waals surface area contributed by atoms with Crippen molar-refractivity contribution >= 4 is 18.0 Å². The lowest BCUT2D eigenvalue weighted by atomic mass is 10.00. The van der Waals surface area contributed by atoms with E-state index in [1.54, 1.807) is 4.90 Å². The quantitative estimate of drug-likeness (QED) is 0.112. The molecule has 0 heterocycles. The van der Waals surface area contributed by atoms with Crippen LogP contribution in [0.5, 0.6) is 0 Å². The third-order valence-corrected chi connectivity index (χ3v) is 8.23. The van der Waals surface area contributed by atoms with Gasteiger partial charge in [0.25, 0.3) is 0 Å². The van der Waals surface area contributed by atoms with E-state index in [-0.39, 0.29) is 24.5 Å². The van der Waals surface area contributed by atoms with E-state index < -0.39 is 23.7 Å². The van der Waals surface area contributed by atoms with Crippen LogP contribution in [0.25, 0.3) is 0 Å². The fourth-order valence-electron chi connectivity index (χ4n) is 5.88. The van der Waals surface area contributed by atoms with E-state index in [1.165, 1.54) is 0 Å². The summed E-state index contributed by atoms with van der Waals surface area (Å²) >= 11 is 0. The summed E-state index contributed by atoms with van der Waals surface area (Å²) < 4.78 is 11.5. The summed E-state index contributed by atoms with van der Waals surface area (Å²) in [5.74, 6) is -0.609. The number of ether oxygens (including phenoxy) is 2. The Kier molecular flexibility index (Phi) is 14.8. The van der Waals surface area contributed by atoms with E-state index >= 15 is 0 Å². The van der Waals surface area contributed by atoms with Crippen molar-refractivity contribution in [1.29, 1.82) is 0 Å². The highest BCUT2D eigenvalue weighted by Gasteiger charge is 2.32. The fourth-order valence-corrected chi connectivity index (χ4v) is 5.88. The Morgan fingerprint density at radius 3 is 1.73 bits per heavy atom. The molecule has 4 aromatic rings. The molecular formula is C43H53N3O5. The molecular weight excluding hydrogens is 638 g/mol. The van der Waals surface area contributed by atoms with Crippen molar-refractivity contribution in [3.05, 3.63) is 144 Å². The molecule has 8 nitrogen and oxygen atoms in total. The lowest BCUT2D eigenvalue weighted by Crippen LogP contribution is -2.48. The van der Waals surface area contributed by atoms with Crippen LogP contribution in [0.3, 0.4) is 0 Å². The fraction of sp³-hybridized carbons (Fsp3) is 0.372. The van der Waals surface area contributed by atoms with Crippen LogP contribution in [0, 0.1) is 5.92 Å². The summed E-state index contributed by atoms with van der Waals surface area (Å²) in [4.78, 5) is 45.2. The molecule has 0 radical (unpaired) electrons. The molecule has 0 saturated carbocycles. The average molecular weight is 692 g/mol. The van der Waals surface area contributed by atoms with Crippen molar-refractivity contribution < 1.29 is 23.9 Å². The van der Waals surface area contributed by atoms with E-state index in [0.29, 0.717) is 39.0 Å². The number of esters is 1. The van der Waals surface area contributed by atoms with E-state index in [1.807, 2.05) is 156 Å². The molecule has 2 amide bonds. The monoisotopic (exact) mass is 691 g/mol. The second-order valence-corrected chi connectivity index (χ2v) is 14.3. The van der Waals surface area contributed by atoms with E-state index in [2.05, 4.69) is 10.2 Å². The number of carbonyl (C=O) groups is 3. The van der Waals surface area contributed by atoms with Crippen molar-refractivity contribution in [3.8, 4) is 0 Å². The van der Waals surface area contributed by atoms with Crippen molar-refractivity contribution in [3.63, 3.8) is 0 Å². The first-order valence-electron chi connectivity index (χ1n) is 17.8. The predicted molar refractivity (Wildman–Crippen MR) is 201 cm³/mol. The summed E-state index contributed by atoms with van der Waals surface area (Å²) in [6.45, 7) is 11.5. The highest BCUT2D eigenvalue weighted by molar-refractivity contribution is 5.88. The summed E-state index contributed by atoms with van der Waals surface area (Å²) in [6.07, 6.45) is 0.623. The molecule has 0 fully saturated rings. The van der Waals surface area contributed by atoms with Crippen molar-refractivity contribution in [2.24, 2.45) is 5.92 Å². The number of hydrogen-bond acceptors (Lipinski definition) is 6. The largest absolute Gasteiger partial charge is 0.459 e. The lowest BCUT2D eigenvalue weighted by Gasteiger charge is -2.33. The second kappa shape index (κ2) is 19.4. The molecule has 0 aliphatic carbocycles. The number of benzene rings is 4. The normalized spacial score (nSPS) is 12.6. The predicted octanol–water partition coefficient (Wildman–Crippen LogP) is 8.33. The van der Waals surface area contributed by atoms with Gasteiger partial charge in [-0.15, -0.1) is 0 Å². The minimum absolute atomic E-state index is 0.128. The minimum Gasteiger partial charge on any atom is -0.459 e. The standard InChI is InChI=1S/C43H53N3O5/c1-33(2)29-38(41(48)50-32-36-23-14-8-15-24-36)44-40(47)39(37-25-16-9-17-26-37)45(30-34-19-10-6-11-20-34)27-18-28-46(42(49)51-43(3,4)5)31-35-21-12-7-13-22-35/h6-17,19-26,33,38-39H,18,27-32H2,1-5H3,(H,44,47)/t38-,39+/m0/s1. The molecule has 4 aromatic carbocycles. The van der Waals surface area contributed by atoms with Crippen molar-refractivity contribution in [2.75, 3.05) is 13.1 Å². The van der Waals surface area contributed by atoms with Crippen LogP contribution in [0.15, 0.2) is 121 Å². The zero-order valence-electron chi connectivity index (χ0n) is 30.7. The molecule has 0 aliphatic rings. The molecule has 0 aromatic heterocycles. The van der Waals surface area contributed by atoms with Gasteiger partial charge in [0.15, 0.2) is 0 Å². The van der Waals surface area contributed by atoms with Gasteiger partial charge in [-0.05, 0) is 61.8 Å². The first-order chi connectivity index (χ1) is 24.5. The molecule has 0 unspecified atom stereocenters. The molecule has 1 N–H and O–H groups in total. The Balaban J connectivity index is 1.59. The molecule has 8 heteroatoms. The number of carbonyl (C=O) groups excluding carboxylic acids is 3. The third-order valence-electron chi connectivity index (χ3n) is 8.23. The molecule has 51 heavy (non-hydrogen) atoms. The third kappa shape index (κ3) is 13.4. The number of hydrogen-bond donors (Lipinski definition) is 1. The number of amides is 2. The van der Waals surface area contributed by atoms with Gasteiger partial charge >= 0.3 is 12.1 Å². The van der Waals surface area contributed by atoms with Gasteiger partial charge in [0.2, 0.25) is 5.91 Å². The summed E-state index contributed by atoms with van der Waals surface area (Å²) in [7, 11) is 0. The first kappa shape index (κ1) is 38.8. The maximum Gasteiger partial charge on any atom is 0.410 e. The van der Waals surface area contributed by atoms with Gasteiger partial charge in [0.1, 0.15) is 24.3 Å². The van der Waals surface area contributed by atoms with E-state index in [9.17, 15) is 14.4 Å². The Bertz CT molecular complexity index is 1630. The van der Waals surface area contributed by atoms with Crippen LogP contribution in [0.2, 0.25) is 0 Å². The second-order valence-electron chi connectivity index (χ2n) is 14.3. The molecule has 0 spiro atoms. The van der Waals surface area contributed by atoms with Gasteiger partial charge in [0, 0.05) is 26.2 Å². The van der Waals surface area contributed by atoms with Gasteiger partial charge in [-0.1, -0.05) is 135 Å². The zero-order chi connectivity index (χ0) is 36.6. The molecule has 0 aliphatic heterocycles. The Morgan fingerprint density at radius 2 is 1.20 bits per heavy atom. The molecule has 2 atom stereocenters. The highest BCUT2D eigenvalue weighted by atomic mass is 16.6. The summed E-state index contributed by atoms with van der Waals surface area (Å²) in [6, 6.07) is 37.5. The van der Waals surface area contributed by atoms with Crippen LogP contribution in [-0.2, 0) is 38.8 Å². The molecule has 0 bridgehead atoms. The smallest absolute Gasteiger partial charge is 0.410 e. The average Bonchev–Trinajstić information content (AvgIpc) is 3.10. The van der Waals surface area contributed by atoms with Crippen LogP contribution >= 0.6 is 0 Å². The van der Waals surface area contributed by atoms with Crippen LogP contribution < -0.4 is 5.32 Å². The van der Waals surface area contributed by atoms with E-state index in [4.69, 9.17) is 9.47 Å². The minimum atomic E-state index is -0.820. The number of nitrogens with one attached hydrogen (secondary N) is 1. The van der Waals surface area contributed by atoms with Gasteiger partial charge < -0.3 is 19.7 Å². The maximum atomic E-state index is 14.5. The van der Waals surface area contributed by atoms with Gasteiger partial charge in [-0.3, -0.25) is 9.69 Å². The molecule has 270 valence electrons. The van der Waals surface area contributed by atoms with Gasteiger partial charge in [0.05, 0.1) is 0 Å². The van der Waals surface area contributed by atoms with Gasteiger partial charge in [-0.25, -0.2) is 9.59 Å². The number of rotatable bonds is 17. The molecule has 4 rings (SSSR count). The van der Waals surface area contributed by atoms with Crippen molar-refractivity contribution in [2.45, 2.75) is 84.8 Å².